The highest BCUT2D eigenvalue weighted by Crippen LogP contribution is 2.47. The lowest BCUT2D eigenvalue weighted by Gasteiger charge is -2.32. The molecule has 0 amide bonds. The molecule has 0 saturated carbocycles. The van der Waals surface area contributed by atoms with Crippen LogP contribution in [-0.2, 0) is 4.74 Å². The molecule has 3 aliphatic heterocycles. The topological polar surface area (TPSA) is 30.9 Å². The first kappa shape index (κ1) is 32.8. The number of likely N-dealkylation sites (tertiary alicyclic amines) is 1. The molecular formula is C38H44F3NO3. The van der Waals surface area contributed by atoms with Crippen molar-refractivity contribution in [3.63, 3.8) is 0 Å². The second-order valence-electron chi connectivity index (χ2n) is 11.7. The normalized spacial score (nSPS) is 20.8. The summed E-state index contributed by atoms with van der Waals surface area (Å²) in [6, 6.07) is 17.3. The summed E-state index contributed by atoms with van der Waals surface area (Å²) in [6.45, 7) is 9.11. The molecule has 45 heavy (non-hydrogen) atoms. The van der Waals surface area contributed by atoms with Gasteiger partial charge in [0, 0.05) is 36.2 Å². The predicted octanol–water partition coefficient (Wildman–Crippen LogP) is 9.66. The fourth-order valence-electron chi connectivity index (χ4n) is 6.22. The molecule has 3 aromatic carbocycles. The molecule has 7 heteroatoms. The maximum absolute atomic E-state index is 14.4. The van der Waals surface area contributed by atoms with Crippen molar-refractivity contribution in [2.24, 2.45) is 5.92 Å². The van der Waals surface area contributed by atoms with Crippen molar-refractivity contribution in [3.8, 4) is 11.5 Å². The third-order valence-electron chi connectivity index (χ3n) is 8.69. The summed E-state index contributed by atoms with van der Waals surface area (Å²) in [5, 5.41) is 0. The Morgan fingerprint density at radius 3 is 2.31 bits per heavy atom. The molecule has 2 fully saturated rings. The van der Waals surface area contributed by atoms with Crippen LogP contribution in [-0.4, -0.2) is 44.1 Å². The smallest absolute Gasteiger partial charge is 0.199 e. The fourth-order valence-corrected chi connectivity index (χ4v) is 6.22. The van der Waals surface area contributed by atoms with Crippen LogP contribution < -0.4 is 9.47 Å². The van der Waals surface area contributed by atoms with E-state index in [0.717, 1.165) is 85.6 Å². The maximum atomic E-state index is 14.4. The molecule has 0 aliphatic carbocycles. The van der Waals surface area contributed by atoms with Gasteiger partial charge in [0.2, 0.25) is 0 Å². The number of alkyl halides is 1. The zero-order valence-corrected chi connectivity index (χ0v) is 26.5. The Morgan fingerprint density at radius 1 is 0.911 bits per heavy atom. The number of nitrogens with zero attached hydrogens (tertiary/aromatic N) is 1. The molecule has 3 heterocycles. The number of benzene rings is 3. The minimum Gasteiger partial charge on any atom is -0.480 e. The first-order valence-corrected chi connectivity index (χ1v) is 16.3. The van der Waals surface area contributed by atoms with E-state index in [-0.39, 0.29) is 18.9 Å². The quantitative estimate of drug-likeness (QED) is 0.251. The van der Waals surface area contributed by atoms with Crippen LogP contribution in [0.15, 0.2) is 66.7 Å². The summed E-state index contributed by atoms with van der Waals surface area (Å²) in [4.78, 5) is 2.35. The average molecular weight is 620 g/mol. The Hall–Kier alpha value is -3.55. The van der Waals surface area contributed by atoms with Gasteiger partial charge in [-0.15, -0.1) is 0 Å². The number of fused-ring (bicyclic) bond motifs is 1. The molecule has 0 radical (unpaired) electrons. The molecule has 0 bridgehead atoms. The van der Waals surface area contributed by atoms with Crippen LogP contribution in [0.3, 0.4) is 0 Å². The predicted molar refractivity (Wildman–Crippen MR) is 175 cm³/mol. The van der Waals surface area contributed by atoms with Gasteiger partial charge in [0.1, 0.15) is 29.2 Å². The molecule has 2 saturated heterocycles. The van der Waals surface area contributed by atoms with Crippen molar-refractivity contribution < 1.29 is 27.4 Å². The largest absolute Gasteiger partial charge is 0.480 e. The van der Waals surface area contributed by atoms with Gasteiger partial charge in [-0.1, -0.05) is 50.3 Å². The van der Waals surface area contributed by atoms with Gasteiger partial charge in [0.05, 0.1) is 13.3 Å². The Kier molecular flexibility index (Phi) is 11.4. The summed E-state index contributed by atoms with van der Waals surface area (Å²) >= 11 is 0. The number of hydrogen-bond donors (Lipinski definition) is 0. The van der Waals surface area contributed by atoms with E-state index in [9.17, 15) is 13.2 Å². The standard InChI is InChI=1S/C36H38F3NO3.C2H6/c1-24-32-12-11-31(42-34-6-2-3-18-41-34)22-33(32)43-36(35(24)28-19-29(38)21-30(39)20-28)27-9-7-25(8-10-27)5-4-15-40-16-13-26(23-37)14-17-40;1-2/h4-5,7-12,19-22,26,34,36H,2-3,6,13-18,23H2,1H3;1-2H3/b5-4+;. The zero-order chi connectivity index (χ0) is 31.8. The Bertz CT molecular complexity index is 1450. The van der Waals surface area contributed by atoms with E-state index in [1.54, 1.807) is 0 Å². The van der Waals surface area contributed by atoms with Crippen LogP contribution in [0.1, 0.15) is 81.2 Å². The Labute approximate surface area is 265 Å². The van der Waals surface area contributed by atoms with E-state index in [2.05, 4.69) is 17.1 Å². The molecule has 6 rings (SSSR count). The van der Waals surface area contributed by atoms with Crippen molar-refractivity contribution in [2.45, 2.75) is 65.3 Å². The third-order valence-corrected chi connectivity index (χ3v) is 8.69. The van der Waals surface area contributed by atoms with Crippen LogP contribution in [0.4, 0.5) is 13.2 Å². The summed E-state index contributed by atoms with van der Waals surface area (Å²) in [6.07, 6.45) is 8.13. The van der Waals surface area contributed by atoms with Gasteiger partial charge in [-0.3, -0.25) is 9.29 Å². The van der Waals surface area contributed by atoms with Crippen LogP contribution in [0, 0.1) is 17.6 Å². The monoisotopic (exact) mass is 619 g/mol. The zero-order valence-electron chi connectivity index (χ0n) is 26.5. The first-order valence-electron chi connectivity index (χ1n) is 16.3. The third kappa shape index (κ3) is 8.19. The molecule has 0 N–H and O–H groups in total. The summed E-state index contributed by atoms with van der Waals surface area (Å²) in [5.41, 5.74) is 4.82. The molecule has 3 aliphatic rings. The van der Waals surface area contributed by atoms with Crippen LogP contribution >= 0.6 is 0 Å². The van der Waals surface area contributed by atoms with E-state index >= 15 is 0 Å². The van der Waals surface area contributed by atoms with Gasteiger partial charge in [-0.2, -0.15) is 0 Å². The van der Waals surface area contributed by atoms with Crippen molar-refractivity contribution in [3.05, 3.63) is 101 Å². The molecule has 2 atom stereocenters. The molecule has 2 unspecified atom stereocenters. The average Bonchev–Trinajstić information content (AvgIpc) is 3.06. The van der Waals surface area contributed by atoms with Gasteiger partial charge >= 0.3 is 0 Å². The second-order valence-corrected chi connectivity index (χ2v) is 11.7. The summed E-state index contributed by atoms with van der Waals surface area (Å²) in [7, 11) is 0. The first-order chi connectivity index (χ1) is 22.0. The highest BCUT2D eigenvalue weighted by molar-refractivity contribution is 5.95. The van der Waals surface area contributed by atoms with Crippen LogP contribution in [0.2, 0.25) is 0 Å². The van der Waals surface area contributed by atoms with Crippen molar-refractivity contribution in [1.82, 2.24) is 4.90 Å². The highest BCUT2D eigenvalue weighted by Gasteiger charge is 2.30. The molecule has 240 valence electrons. The van der Waals surface area contributed by atoms with Gasteiger partial charge in [0.25, 0.3) is 0 Å². The SMILES string of the molecule is CC.CC1=C(c2cc(F)cc(F)c2)C(c2ccc(/C=C/CN3CCC(CF)CC3)cc2)Oc2cc(OC3CCCCO3)ccc21. The van der Waals surface area contributed by atoms with Crippen LogP contribution in [0.5, 0.6) is 11.5 Å². The van der Waals surface area contributed by atoms with Crippen molar-refractivity contribution >= 4 is 17.2 Å². The van der Waals surface area contributed by atoms with Crippen molar-refractivity contribution in [1.29, 1.82) is 0 Å². The van der Waals surface area contributed by atoms with Gasteiger partial charge in [-0.25, -0.2) is 8.78 Å². The van der Waals surface area contributed by atoms with E-state index in [1.807, 2.05) is 63.2 Å². The molecule has 3 aromatic rings. The number of rotatable bonds is 8. The number of hydrogen-bond acceptors (Lipinski definition) is 4. The van der Waals surface area contributed by atoms with E-state index < -0.39 is 17.7 Å². The molecule has 4 nitrogen and oxygen atoms in total. The highest BCUT2D eigenvalue weighted by atomic mass is 19.1. The fraction of sp³-hybridized carbons (Fsp3) is 0.421. The van der Waals surface area contributed by atoms with Gasteiger partial charge in [-0.05, 0) is 98.1 Å². The van der Waals surface area contributed by atoms with Crippen LogP contribution in [0.25, 0.3) is 17.2 Å². The van der Waals surface area contributed by atoms with E-state index in [4.69, 9.17) is 14.2 Å². The minimum atomic E-state index is -0.634. The number of halogens is 3. The minimum absolute atomic E-state index is 0.207. The molecule has 0 aromatic heterocycles. The van der Waals surface area contributed by atoms with Gasteiger partial charge < -0.3 is 14.2 Å². The number of piperidine rings is 1. The number of ether oxygens (including phenoxy) is 3. The Morgan fingerprint density at radius 2 is 1.64 bits per heavy atom. The lowest BCUT2D eigenvalue weighted by molar-refractivity contribution is -0.105. The van der Waals surface area contributed by atoms with Crippen molar-refractivity contribution in [2.75, 3.05) is 32.9 Å². The maximum Gasteiger partial charge on any atom is 0.199 e. The second kappa shape index (κ2) is 15.6. The summed E-state index contributed by atoms with van der Waals surface area (Å²) < 4.78 is 60.2. The number of allylic oxidation sites excluding steroid dienone is 1. The molecular weight excluding hydrogens is 575 g/mol. The van der Waals surface area contributed by atoms with Gasteiger partial charge in [0.15, 0.2) is 6.29 Å². The lowest BCUT2D eigenvalue weighted by Crippen LogP contribution is -2.34. The molecule has 0 spiro atoms. The van der Waals surface area contributed by atoms with E-state index in [1.165, 1.54) is 12.1 Å². The Balaban J connectivity index is 0.00000196. The summed E-state index contributed by atoms with van der Waals surface area (Å²) in [5.74, 6) is 0.248. The van der Waals surface area contributed by atoms with E-state index in [0.29, 0.717) is 23.7 Å². The lowest BCUT2D eigenvalue weighted by atomic mass is 9.86.